The van der Waals surface area contributed by atoms with Crippen molar-refractivity contribution >= 4 is 23.6 Å². The van der Waals surface area contributed by atoms with E-state index in [1.165, 1.54) is 24.5 Å². The zero-order valence-electron chi connectivity index (χ0n) is 9.54. The van der Waals surface area contributed by atoms with Crippen LogP contribution in [0.2, 0.25) is 0 Å². The molecule has 0 aliphatic rings. The highest BCUT2D eigenvalue weighted by Gasteiger charge is 2.16. The summed E-state index contributed by atoms with van der Waals surface area (Å²) < 4.78 is 5.00. The van der Waals surface area contributed by atoms with Gasteiger partial charge in [-0.3, -0.25) is 4.79 Å². The highest BCUT2D eigenvalue weighted by atomic mass is 32.1. The number of benzene rings is 1. The fourth-order valence-corrected chi connectivity index (χ4v) is 2.56. The lowest BCUT2D eigenvalue weighted by molar-refractivity contribution is 0.0697. The summed E-state index contributed by atoms with van der Waals surface area (Å²) in [6, 6.07) is 6.45. The predicted octanol–water partition coefficient (Wildman–Crippen LogP) is 2.93. The zero-order valence-corrected chi connectivity index (χ0v) is 10.4. The summed E-state index contributed by atoms with van der Waals surface area (Å²) in [5.41, 5.74) is 1.15. The second kappa shape index (κ2) is 5.01. The van der Waals surface area contributed by atoms with Crippen LogP contribution in [0.25, 0.3) is 10.4 Å². The topological polar surface area (TPSA) is 63.6 Å². The lowest BCUT2D eigenvalue weighted by Gasteiger charge is -2.07. The number of thiophene rings is 1. The van der Waals surface area contributed by atoms with Gasteiger partial charge in [0, 0.05) is 16.0 Å². The van der Waals surface area contributed by atoms with Crippen molar-refractivity contribution in [3.05, 3.63) is 40.8 Å². The Morgan fingerprint density at radius 1 is 1.39 bits per heavy atom. The van der Waals surface area contributed by atoms with E-state index in [1.807, 2.05) is 0 Å². The minimum atomic E-state index is -1.05. The average Bonchev–Trinajstić information content (AvgIpc) is 2.86. The highest BCUT2D eigenvalue weighted by molar-refractivity contribution is 7.14. The van der Waals surface area contributed by atoms with Gasteiger partial charge in [-0.2, -0.15) is 0 Å². The highest BCUT2D eigenvalue weighted by Crippen LogP contribution is 2.33. The van der Waals surface area contributed by atoms with Crippen LogP contribution in [0.15, 0.2) is 29.6 Å². The van der Waals surface area contributed by atoms with E-state index >= 15 is 0 Å². The van der Waals surface area contributed by atoms with Gasteiger partial charge in [0.1, 0.15) is 5.75 Å². The van der Waals surface area contributed by atoms with Crippen LogP contribution in [-0.4, -0.2) is 24.5 Å². The molecule has 2 aromatic rings. The van der Waals surface area contributed by atoms with Crippen LogP contribution in [-0.2, 0) is 0 Å². The Morgan fingerprint density at radius 3 is 2.78 bits per heavy atom. The minimum absolute atomic E-state index is 0.125. The molecule has 0 aliphatic heterocycles. The minimum Gasteiger partial charge on any atom is -0.497 e. The van der Waals surface area contributed by atoms with Gasteiger partial charge in [-0.25, -0.2) is 4.79 Å². The molecule has 0 unspecified atom stereocenters. The quantitative estimate of drug-likeness (QED) is 0.860. The van der Waals surface area contributed by atoms with Gasteiger partial charge in [0.05, 0.1) is 12.7 Å². The number of aldehydes is 1. The molecule has 0 saturated heterocycles. The van der Waals surface area contributed by atoms with E-state index < -0.39 is 5.97 Å². The van der Waals surface area contributed by atoms with Gasteiger partial charge < -0.3 is 9.84 Å². The molecule has 0 amide bonds. The molecule has 0 spiro atoms. The number of hydrogen-bond donors (Lipinski definition) is 1. The molecule has 1 aromatic carbocycles. The molecule has 5 heteroatoms. The van der Waals surface area contributed by atoms with E-state index in [-0.39, 0.29) is 5.56 Å². The predicted molar refractivity (Wildman–Crippen MR) is 68.7 cm³/mol. The lowest BCUT2D eigenvalue weighted by Crippen LogP contribution is -2.00. The second-order valence-electron chi connectivity index (χ2n) is 3.54. The van der Waals surface area contributed by atoms with Gasteiger partial charge in [-0.1, -0.05) is 0 Å². The van der Waals surface area contributed by atoms with Gasteiger partial charge in [-0.15, -0.1) is 11.3 Å². The molecule has 18 heavy (non-hydrogen) atoms. The molecule has 0 saturated carbocycles. The summed E-state index contributed by atoms with van der Waals surface area (Å²) in [6.07, 6.45) is 0.724. The Kier molecular flexibility index (Phi) is 3.43. The van der Waals surface area contributed by atoms with Crippen LogP contribution in [0.1, 0.15) is 20.7 Å². The SMILES string of the molecule is COc1ccc(-c2sccc2C=O)c(C(=O)O)c1. The Morgan fingerprint density at radius 2 is 2.17 bits per heavy atom. The fraction of sp³-hybridized carbons (Fsp3) is 0.0769. The Balaban J connectivity index is 2.63. The van der Waals surface area contributed by atoms with Gasteiger partial charge in [0.15, 0.2) is 6.29 Å². The van der Waals surface area contributed by atoms with E-state index in [0.717, 1.165) is 6.29 Å². The maximum atomic E-state index is 11.2. The molecule has 0 radical (unpaired) electrons. The summed E-state index contributed by atoms with van der Waals surface area (Å²) >= 11 is 1.34. The molecule has 2 rings (SSSR count). The largest absolute Gasteiger partial charge is 0.497 e. The van der Waals surface area contributed by atoms with Gasteiger partial charge in [0.25, 0.3) is 0 Å². The summed E-state index contributed by atoms with van der Waals surface area (Å²) in [7, 11) is 1.47. The Labute approximate surface area is 107 Å². The lowest BCUT2D eigenvalue weighted by atomic mass is 10.0. The Bertz CT molecular complexity index is 601. The maximum absolute atomic E-state index is 11.2. The van der Waals surface area contributed by atoms with Crippen molar-refractivity contribution in [1.82, 2.24) is 0 Å². The summed E-state index contributed by atoms with van der Waals surface area (Å²) in [4.78, 5) is 22.8. The smallest absolute Gasteiger partial charge is 0.336 e. The van der Waals surface area contributed by atoms with Crippen molar-refractivity contribution in [2.24, 2.45) is 0 Å². The molecule has 0 aliphatic carbocycles. The maximum Gasteiger partial charge on any atom is 0.336 e. The van der Waals surface area contributed by atoms with Gasteiger partial charge >= 0.3 is 5.97 Å². The van der Waals surface area contributed by atoms with Crippen LogP contribution in [0.5, 0.6) is 5.75 Å². The van der Waals surface area contributed by atoms with Crippen molar-refractivity contribution in [3.63, 3.8) is 0 Å². The third-order valence-electron chi connectivity index (χ3n) is 2.52. The second-order valence-corrected chi connectivity index (χ2v) is 4.46. The van der Waals surface area contributed by atoms with Crippen molar-refractivity contribution < 1.29 is 19.4 Å². The number of hydrogen-bond acceptors (Lipinski definition) is 4. The van der Waals surface area contributed by atoms with Crippen LogP contribution >= 0.6 is 11.3 Å². The molecule has 0 fully saturated rings. The van der Waals surface area contributed by atoms with Crippen molar-refractivity contribution in [1.29, 1.82) is 0 Å². The molecule has 1 heterocycles. The third-order valence-corrected chi connectivity index (χ3v) is 3.49. The van der Waals surface area contributed by atoms with Crippen molar-refractivity contribution in [2.75, 3.05) is 7.11 Å². The van der Waals surface area contributed by atoms with E-state index in [4.69, 9.17) is 4.74 Å². The first-order valence-corrected chi connectivity index (χ1v) is 5.99. The van der Waals surface area contributed by atoms with Gasteiger partial charge in [-0.05, 0) is 29.6 Å². The van der Waals surface area contributed by atoms with Crippen molar-refractivity contribution in [3.8, 4) is 16.2 Å². The zero-order chi connectivity index (χ0) is 13.1. The van der Waals surface area contributed by atoms with Gasteiger partial charge in [0.2, 0.25) is 0 Å². The summed E-state index contributed by atoms with van der Waals surface area (Å²) in [5, 5.41) is 11.0. The third kappa shape index (κ3) is 2.12. The normalized spacial score (nSPS) is 10.1. The molecule has 4 nitrogen and oxygen atoms in total. The molecular weight excluding hydrogens is 252 g/mol. The molecule has 1 N–H and O–H groups in total. The summed E-state index contributed by atoms with van der Waals surface area (Å²) in [5.74, 6) is -0.575. The number of methoxy groups -OCH3 is 1. The number of aromatic carboxylic acids is 1. The first-order chi connectivity index (χ1) is 8.67. The average molecular weight is 262 g/mol. The number of rotatable bonds is 4. The Hall–Kier alpha value is -2.14. The van der Waals surface area contributed by atoms with E-state index in [2.05, 4.69) is 0 Å². The first-order valence-electron chi connectivity index (χ1n) is 5.11. The van der Waals surface area contributed by atoms with Crippen LogP contribution < -0.4 is 4.74 Å². The standard InChI is InChI=1S/C13H10O4S/c1-17-9-2-3-10(11(6-9)13(15)16)12-8(7-14)4-5-18-12/h2-7H,1H3,(H,15,16). The van der Waals surface area contributed by atoms with Crippen molar-refractivity contribution in [2.45, 2.75) is 0 Å². The van der Waals surface area contributed by atoms with Crippen LogP contribution in [0.3, 0.4) is 0 Å². The molecule has 1 aromatic heterocycles. The number of carboxylic acid groups (broad SMARTS) is 1. The number of ether oxygens (including phenoxy) is 1. The monoisotopic (exact) mass is 262 g/mol. The van der Waals surface area contributed by atoms with E-state index in [9.17, 15) is 14.7 Å². The molecular formula is C13H10O4S. The van der Waals surface area contributed by atoms with E-state index in [0.29, 0.717) is 21.8 Å². The van der Waals surface area contributed by atoms with Crippen LogP contribution in [0.4, 0.5) is 0 Å². The number of carbonyl (C=O) groups is 2. The number of carbonyl (C=O) groups excluding carboxylic acids is 1. The summed E-state index contributed by atoms with van der Waals surface area (Å²) in [6.45, 7) is 0. The first kappa shape index (κ1) is 12.3. The fourth-order valence-electron chi connectivity index (χ4n) is 1.66. The molecule has 0 bridgehead atoms. The van der Waals surface area contributed by atoms with E-state index in [1.54, 1.807) is 23.6 Å². The molecule has 0 atom stereocenters. The van der Waals surface area contributed by atoms with Crippen LogP contribution in [0, 0.1) is 0 Å². The number of carboxylic acids is 1. The molecule has 92 valence electrons.